The van der Waals surface area contributed by atoms with E-state index in [9.17, 15) is 14.4 Å². The highest BCUT2D eigenvalue weighted by molar-refractivity contribution is 6.01. The highest BCUT2D eigenvalue weighted by Crippen LogP contribution is 2.28. The largest absolute Gasteiger partial charge is 0.491 e. The van der Waals surface area contributed by atoms with E-state index < -0.39 is 24.2 Å². The summed E-state index contributed by atoms with van der Waals surface area (Å²) in [6, 6.07) is 20.0. The van der Waals surface area contributed by atoms with Gasteiger partial charge in [-0.1, -0.05) is 24.3 Å². The van der Waals surface area contributed by atoms with E-state index in [2.05, 4.69) is 10.6 Å². The lowest BCUT2D eigenvalue weighted by atomic mass is 10.0. The Morgan fingerprint density at radius 3 is 2.41 bits per heavy atom. The fraction of sp³-hybridized carbons (Fsp3) is 0.207. The number of aliphatic hydroxyl groups excluding tert-OH is 1. The Morgan fingerprint density at radius 2 is 1.74 bits per heavy atom. The van der Waals surface area contributed by atoms with E-state index in [1.807, 2.05) is 0 Å². The van der Waals surface area contributed by atoms with Crippen molar-refractivity contribution < 1.29 is 33.7 Å². The molecule has 204 valence electrons. The van der Waals surface area contributed by atoms with Crippen molar-refractivity contribution in [1.29, 1.82) is 0 Å². The molecular formula is C29H31N3O7. The third kappa shape index (κ3) is 8.70. The number of carbonyl (C=O) groups excluding carboxylic acids is 3. The summed E-state index contributed by atoms with van der Waals surface area (Å²) in [5, 5.41) is 14.4. The summed E-state index contributed by atoms with van der Waals surface area (Å²) in [4.78, 5) is 37.0. The molecule has 0 fully saturated rings. The van der Waals surface area contributed by atoms with Gasteiger partial charge in [0.05, 0.1) is 18.0 Å². The van der Waals surface area contributed by atoms with Crippen molar-refractivity contribution in [3.63, 3.8) is 0 Å². The summed E-state index contributed by atoms with van der Waals surface area (Å²) >= 11 is 0. The number of anilines is 3. The molecule has 3 aromatic rings. The number of nitrogen functional groups attached to an aromatic ring is 1. The molecule has 0 spiro atoms. The molecule has 2 amide bonds. The normalized spacial score (nSPS) is 12.4. The minimum Gasteiger partial charge on any atom is -0.491 e. The fourth-order valence-corrected chi connectivity index (χ4v) is 3.59. The number of amides is 2. The number of hydrogen-bond donors (Lipinski definition) is 4. The summed E-state index contributed by atoms with van der Waals surface area (Å²) in [5.41, 5.74) is 8.22. The second-order valence-electron chi connectivity index (χ2n) is 8.36. The molecule has 0 aliphatic heterocycles. The molecular weight excluding hydrogens is 502 g/mol. The molecule has 0 aliphatic carbocycles. The number of para-hydroxylation sites is 2. The number of rotatable bonds is 12. The minimum absolute atomic E-state index is 0.0854. The number of nitrogens with one attached hydrogen (secondary N) is 2. The molecule has 0 saturated carbocycles. The Morgan fingerprint density at radius 1 is 1.00 bits per heavy atom. The smallest absolute Gasteiger partial charge is 0.412 e. The highest BCUT2D eigenvalue weighted by atomic mass is 16.6. The molecule has 3 rings (SSSR count). The molecule has 2 atom stereocenters. The number of hydrogen-bond acceptors (Lipinski definition) is 8. The zero-order valence-electron chi connectivity index (χ0n) is 21.6. The Bertz CT molecular complexity index is 1310. The van der Waals surface area contributed by atoms with Crippen LogP contribution < -0.4 is 21.1 Å². The number of nitrogens with two attached hydrogens (primary N) is 1. The van der Waals surface area contributed by atoms with Crippen LogP contribution in [0.3, 0.4) is 0 Å². The van der Waals surface area contributed by atoms with Crippen LogP contribution in [-0.2, 0) is 14.3 Å². The lowest BCUT2D eigenvalue weighted by Crippen LogP contribution is -2.27. The average molecular weight is 534 g/mol. The summed E-state index contributed by atoms with van der Waals surface area (Å²) < 4.78 is 16.8. The van der Waals surface area contributed by atoms with Gasteiger partial charge < -0.3 is 30.4 Å². The van der Waals surface area contributed by atoms with Gasteiger partial charge in [0.15, 0.2) is 11.9 Å². The van der Waals surface area contributed by atoms with Gasteiger partial charge in [-0.25, -0.2) is 4.79 Å². The molecule has 0 bridgehead atoms. The third-order valence-electron chi connectivity index (χ3n) is 5.54. The molecule has 0 radical (unpaired) electrons. The number of Topliss-reactive ketones (excluding diaryl/α,β-unsaturated/α-hetero) is 1. The van der Waals surface area contributed by atoms with Crippen molar-refractivity contribution in [3.05, 3.63) is 96.1 Å². The van der Waals surface area contributed by atoms with Gasteiger partial charge in [0.1, 0.15) is 18.5 Å². The highest BCUT2D eigenvalue weighted by Gasteiger charge is 2.26. The number of ketones is 1. The van der Waals surface area contributed by atoms with Crippen molar-refractivity contribution in [2.75, 3.05) is 36.7 Å². The van der Waals surface area contributed by atoms with Gasteiger partial charge in [-0.2, -0.15) is 0 Å². The van der Waals surface area contributed by atoms with E-state index >= 15 is 0 Å². The quantitative estimate of drug-likeness (QED) is 0.153. The van der Waals surface area contributed by atoms with Crippen molar-refractivity contribution in [1.82, 2.24) is 0 Å². The number of ether oxygens (including phenoxy) is 3. The maximum absolute atomic E-state index is 12.9. The molecule has 0 aliphatic rings. The van der Waals surface area contributed by atoms with Crippen molar-refractivity contribution in [2.24, 2.45) is 0 Å². The van der Waals surface area contributed by atoms with E-state index in [4.69, 9.17) is 25.1 Å². The van der Waals surface area contributed by atoms with Crippen LogP contribution in [0.15, 0.2) is 84.9 Å². The molecule has 0 saturated heterocycles. The predicted octanol–water partition coefficient (Wildman–Crippen LogP) is 4.34. The summed E-state index contributed by atoms with van der Waals surface area (Å²) in [7, 11) is 1.42. The summed E-state index contributed by atoms with van der Waals surface area (Å²) in [6.07, 6.45) is 0.0867. The lowest BCUT2D eigenvalue weighted by Gasteiger charge is -2.25. The molecule has 0 heterocycles. The molecule has 3 aromatic carbocycles. The standard InChI is InChI=1S/C29H31N3O7/c1-19(34)20-10-12-22(13-11-20)31-29(36)39-28(21-6-5-7-23(18-21)38-17-16-33)26(37-2)14-15-27(35)32-25-9-4-3-8-24(25)30/h3-15,18,26,28,33H,16-17,30H2,1-2H3,(H,31,36)(H,32,35)/b15-14+/t26-,28-/m1/s1. The number of methoxy groups -OCH3 is 1. The molecule has 39 heavy (non-hydrogen) atoms. The van der Waals surface area contributed by atoms with E-state index in [0.29, 0.717) is 33.9 Å². The van der Waals surface area contributed by atoms with Crippen LogP contribution in [0, 0.1) is 0 Å². The van der Waals surface area contributed by atoms with Gasteiger partial charge in [0.2, 0.25) is 5.91 Å². The topological polar surface area (TPSA) is 149 Å². The first kappa shape index (κ1) is 28.9. The van der Waals surface area contributed by atoms with E-state index in [-0.39, 0.29) is 19.0 Å². The first-order chi connectivity index (χ1) is 18.8. The number of aliphatic hydroxyl groups is 1. The maximum atomic E-state index is 12.9. The van der Waals surface area contributed by atoms with Crippen LogP contribution in [0.5, 0.6) is 5.75 Å². The maximum Gasteiger partial charge on any atom is 0.412 e. The molecule has 0 aromatic heterocycles. The van der Waals surface area contributed by atoms with Gasteiger partial charge in [-0.05, 0) is 67.1 Å². The van der Waals surface area contributed by atoms with Gasteiger partial charge in [-0.15, -0.1) is 0 Å². The number of carbonyl (C=O) groups is 3. The molecule has 10 heteroatoms. The monoisotopic (exact) mass is 533 g/mol. The van der Waals surface area contributed by atoms with Gasteiger partial charge in [-0.3, -0.25) is 14.9 Å². The second kappa shape index (κ2) is 14.3. The van der Waals surface area contributed by atoms with Crippen LogP contribution in [0.25, 0.3) is 0 Å². The Hall–Kier alpha value is -4.67. The second-order valence-corrected chi connectivity index (χ2v) is 8.36. The van der Waals surface area contributed by atoms with Crippen LogP contribution in [0.1, 0.15) is 28.9 Å². The average Bonchev–Trinajstić information content (AvgIpc) is 2.93. The lowest BCUT2D eigenvalue weighted by molar-refractivity contribution is -0.112. The van der Waals surface area contributed by atoms with Crippen LogP contribution in [0.2, 0.25) is 0 Å². The van der Waals surface area contributed by atoms with Crippen LogP contribution in [-0.4, -0.2) is 49.3 Å². The minimum atomic E-state index is -0.991. The molecule has 5 N–H and O–H groups in total. The zero-order valence-corrected chi connectivity index (χ0v) is 21.6. The van der Waals surface area contributed by atoms with Crippen LogP contribution >= 0.6 is 0 Å². The van der Waals surface area contributed by atoms with Gasteiger partial charge in [0.25, 0.3) is 0 Å². The van der Waals surface area contributed by atoms with Crippen molar-refractivity contribution in [2.45, 2.75) is 19.1 Å². The first-order valence-corrected chi connectivity index (χ1v) is 12.1. The Labute approximate surface area is 226 Å². The van der Waals surface area contributed by atoms with Crippen LogP contribution in [0.4, 0.5) is 21.9 Å². The summed E-state index contributed by atoms with van der Waals surface area (Å²) in [6.45, 7) is 1.37. The van der Waals surface area contributed by atoms with E-state index in [0.717, 1.165) is 0 Å². The van der Waals surface area contributed by atoms with Gasteiger partial charge >= 0.3 is 6.09 Å². The van der Waals surface area contributed by atoms with Crippen molar-refractivity contribution in [3.8, 4) is 5.75 Å². The van der Waals surface area contributed by atoms with Gasteiger partial charge in [0, 0.05) is 24.4 Å². The fourth-order valence-electron chi connectivity index (χ4n) is 3.59. The van der Waals surface area contributed by atoms with E-state index in [1.54, 1.807) is 72.8 Å². The Balaban J connectivity index is 1.82. The summed E-state index contributed by atoms with van der Waals surface area (Å²) in [5.74, 6) is -0.101. The van der Waals surface area contributed by atoms with Crippen molar-refractivity contribution >= 4 is 34.8 Å². The zero-order chi connectivity index (χ0) is 28.2. The molecule has 10 nitrogen and oxygen atoms in total. The van der Waals surface area contributed by atoms with E-state index in [1.165, 1.54) is 26.2 Å². The SMILES string of the molecule is CO[C@H](/C=C/C(=O)Nc1ccccc1N)[C@H](OC(=O)Nc1ccc(C(C)=O)cc1)c1cccc(OCCO)c1. The molecule has 0 unspecified atom stereocenters. The predicted molar refractivity (Wildman–Crippen MR) is 148 cm³/mol. The Kier molecular flexibility index (Phi) is 10.6. The third-order valence-corrected chi connectivity index (χ3v) is 5.54. The first-order valence-electron chi connectivity index (χ1n) is 12.1. The number of benzene rings is 3.